The fraction of sp³-hybridized carbons (Fsp3) is 0.950. The highest BCUT2D eigenvalue weighted by molar-refractivity contribution is 7.47. The highest BCUT2D eigenvalue weighted by Crippen LogP contribution is 2.45. The summed E-state index contributed by atoms with van der Waals surface area (Å²) >= 11 is 0. The third-order valence-electron chi connectivity index (χ3n) is 19.0. The topological polar surface area (TPSA) is 237 Å². The lowest BCUT2D eigenvalue weighted by atomic mass is 9.99. The molecular weight excluding hydrogens is 1290 g/mol. The molecule has 0 rings (SSSR count). The zero-order valence-corrected chi connectivity index (χ0v) is 66.8. The van der Waals surface area contributed by atoms with Gasteiger partial charge in [-0.05, 0) is 43.4 Å². The van der Waals surface area contributed by atoms with Gasteiger partial charge in [-0.3, -0.25) is 37.3 Å². The number of aliphatic hydroxyl groups is 1. The number of esters is 4. The molecule has 0 saturated carbocycles. The van der Waals surface area contributed by atoms with Crippen LogP contribution in [0.2, 0.25) is 0 Å². The Morgan fingerprint density at radius 2 is 0.515 bits per heavy atom. The summed E-state index contributed by atoms with van der Waals surface area (Å²) in [5, 5.41) is 10.6. The summed E-state index contributed by atoms with van der Waals surface area (Å²) in [7, 11) is -9.92. The molecule has 19 heteroatoms. The van der Waals surface area contributed by atoms with Gasteiger partial charge in [0.1, 0.15) is 19.3 Å². The Morgan fingerprint density at radius 3 is 0.768 bits per heavy atom. The number of ether oxygens (including phenoxy) is 4. The number of hydrogen-bond acceptors (Lipinski definition) is 15. The average molecular weight is 1450 g/mol. The number of carbonyl (C=O) groups is 4. The summed E-state index contributed by atoms with van der Waals surface area (Å²) < 4.78 is 68.7. The molecule has 0 aromatic rings. The minimum absolute atomic E-state index is 0.106. The maximum atomic E-state index is 13.1. The molecule has 588 valence electrons. The fourth-order valence-corrected chi connectivity index (χ4v) is 13.9. The normalized spacial score (nSPS) is 14.3. The van der Waals surface area contributed by atoms with E-state index in [4.69, 9.17) is 37.0 Å². The van der Waals surface area contributed by atoms with E-state index < -0.39 is 97.5 Å². The molecule has 0 aromatic heterocycles. The molecule has 3 unspecified atom stereocenters. The second-order valence-electron chi connectivity index (χ2n) is 30.0. The minimum Gasteiger partial charge on any atom is -0.462 e. The molecule has 0 saturated heterocycles. The predicted molar refractivity (Wildman–Crippen MR) is 405 cm³/mol. The van der Waals surface area contributed by atoms with Crippen LogP contribution in [0.1, 0.15) is 414 Å². The molecule has 0 fully saturated rings. The van der Waals surface area contributed by atoms with Gasteiger partial charge in [-0.25, -0.2) is 9.13 Å². The van der Waals surface area contributed by atoms with Crippen molar-refractivity contribution < 1.29 is 80.2 Å². The Morgan fingerprint density at radius 1 is 0.293 bits per heavy atom. The molecule has 0 aliphatic heterocycles. The van der Waals surface area contributed by atoms with E-state index in [1.54, 1.807) is 0 Å². The molecule has 0 aliphatic carbocycles. The number of unbranched alkanes of at least 4 members (excludes halogenated alkanes) is 45. The van der Waals surface area contributed by atoms with Gasteiger partial charge in [0.15, 0.2) is 12.2 Å². The van der Waals surface area contributed by atoms with Gasteiger partial charge in [-0.15, -0.1) is 0 Å². The number of phosphoric ester groups is 2. The van der Waals surface area contributed by atoms with Crippen LogP contribution in [0, 0.1) is 17.8 Å². The average Bonchev–Trinajstić information content (AvgIpc) is 1.93. The first-order valence-electron chi connectivity index (χ1n) is 41.4. The van der Waals surface area contributed by atoms with E-state index in [9.17, 15) is 43.2 Å². The van der Waals surface area contributed by atoms with Gasteiger partial charge in [0.25, 0.3) is 0 Å². The first-order valence-corrected chi connectivity index (χ1v) is 44.4. The smallest absolute Gasteiger partial charge is 0.462 e. The number of carbonyl (C=O) groups excluding carboxylic acids is 4. The summed E-state index contributed by atoms with van der Waals surface area (Å²) in [4.78, 5) is 73.0. The van der Waals surface area contributed by atoms with Gasteiger partial charge in [0.05, 0.1) is 26.4 Å². The largest absolute Gasteiger partial charge is 0.472 e. The molecule has 0 radical (unpaired) electrons. The molecule has 17 nitrogen and oxygen atoms in total. The second-order valence-corrected chi connectivity index (χ2v) is 32.9. The van der Waals surface area contributed by atoms with E-state index in [1.807, 2.05) is 0 Å². The van der Waals surface area contributed by atoms with Crippen molar-refractivity contribution in [2.75, 3.05) is 39.6 Å². The van der Waals surface area contributed by atoms with Crippen molar-refractivity contribution in [3.05, 3.63) is 0 Å². The lowest BCUT2D eigenvalue weighted by Crippen LogP contribution is -2.30. The summed E-state index contributed by atoms with van der Waals surface area (Å²) in [6.45, 7) is 12.0. The number of aliphatic hydroxyl groups excluding tert-OH is 1. The Kier molecular flexibility index (Phi) is 69.0. The van der Waals surface area contributed by atoms with Gasteiger partial charge in [0.2, 0.25) is 0 Å². The number of phosphoric acid groups is 2. The quantitative estimate of drug-likeness (QED) is 0.0222. The van der Waals surface area contributed by atoms with Gasteiger partial charge in [-0.1, -0.05) is 363 Å². The molecular formula is C80H156O17P2. The molecule has 99 heavy (non-hydrogen) atoms. The Labute approximate surface area is 607 Å². The summed E-state index contributed by atoms with van der Waals surface area (Å²) in [6, 6.07) is 0. The Bertz CT molecular complexity index is 1920. The van der Waals surface area contributed by atoms with E-state index in [0.717, 1.165) is 108 Å². The van der Waals surface area contributed by atoms with Crippen molar-refractivity contribution in [1.82, 2.24) is 0 Å². The third-order valence-corrected chi connectivity index (χ3v) is 20.9. The molecule has 0 heterocycles. The molecule has 0 bridgehead atoms. The Balaban J connectivity index is 5.27. The standard InChI is InChI=1S/C80H156O17P2/c1-8-10-11-12-13-14-15-16-18-22-25-33-40-47-54-61-77(82)90-67-75(96-79(84)63-56-49-42-34-26-23-20-17-19-21-24-30-37-44-51-58-71(3)4)69-94-98(86,87)92-65-74(81)66-93-99(88,89)95-70-76(68-91-78(83)62-55-48-41-36-29-31-38-45-52-59-72(5)6)97-80(85)64-57-50-43-35-28-27-32-39-46-53-60-73(7)9-2/h71-76,81H,8-70H2,1-7H3,(H,86,87)(H,88,89)/t73?,74-,75-,76-/m1/s1. The van der Waals surface area contributed by atoms with Gasteiger partial charge in [-0.2, -0.15) is 0 Å². The number of hydrogen-bond donors (Lipinski definition) is 3. The van der Waals surface area contributed by atoms with E-state index in [0.29, 0.717) is 25.7 Å². The molecule has 3 N–H and O–H groups in total. The molecule has 0 aliphatic rings. The maximum Gasteiger partial charge on any atom is 0.472 e. The van der Waals surface area contributed by atoms with Crippen LogP contribution in [0.15, 0.2) is 0 Å². The lowest BCUT2D eigenvalue weighted by Gasteiger charge is -2.21. The zero-order valence-electron chi connectivity index (χ0n) is 65.0. The SMILES string of the molecule is CCCCCCCCCCCCCCCCCC(=O)OC[C@H](COP(=O)(O)OC[C@@H](O)COP(=O)(O)OC[C@@H](COC(=O)CCCCCCCCCCCC(C)C)OC(=O)CCCCCCCCCCCCC(C)CC)OC(=O)CCCCCCCCCCCCCCCCCC(C)C. The molecule has 0 aromatic carbocycles. The summed E-state index contributed by atoms with van der Waals surface area (Å²) in [5.41, 5.74) is 0. The zero-order chi connectivity index (χ0) is 73.0. The molecule has 0 amide bonds. The van der Waals surface area contributed by atoms with E-state index in [2.05, 4.69) is 48.5 Å². The van der Waals surface area contributed by atoms with Crippen LogP contribution in [0.4, 0.5) is 0 Å². The fourth-order valence-electron chi connectivity index (χ4n) is 12.3. The lowest BCUT2D eigenvalue weighted by molar-refractivity contribution is -0.161. The van der Waals surface area contributed by atoms with Crippen molar-refractivity contribution >= 4 is 39.5 Å². The first-order chi connectivity index (χ1) is 47.8. The van der Waals surface area contributed by atoms with Crippen LogP contribution in [0.25, 0.3) is 0 Å². The predicted octanol–water partition coefficient (Wildman–Crippen LogP) is 23.7. The van der Waals surface area contributed by atoms with Gasteiger partial charge in [0, 0.05) is 25.7 Å². The van der Waals surface area contributed by atoms with Gasteiger partial charge < -0.3 is 33.8 Å². The molecule has 6 atom stereocenters. The van der Waals surface area contributed by atoms with E-state index in [-0.39, 0.29) is 25.7 Å². The molecule has 0 spiro atoms. The monoisotopic (exact) mass is 1450 g/mol. The first kappa shape index (κ1) is 97.1. The van der Waals surface area contributed by atoms with Crippen molar-refractivity contribution in [3.63, 3.8) is 0 Å². The van der Waals surface area contributed by atoms with Crippen LogP contribution < -0.4 is 0 Å². The third kappa shape index (κ3) is 72.8. The van der Waals surface area contributed by atoms with Crippen molar-refractivity contribution in [2.45, 2.75) is 433 Å². The van der Waals surface area contributed by atoms with Crippen LogP contribution in [0.5, 0.6) is 0 Å². The number of rotatable bonds is 78. The maximum absolute atomic E-state index is 13.1. The van der Waals surface area contributed by atoms with Crippen molar-refractivity contribution in [3.8, 4) is 0 Å². The van der Waals surface area contributed by atoms with E-state index in [1.165, 1.54) is 225 Å². The van der Waals surface area contributed by atoms with Crippen molar-refractivity contribution in [2.24, 2.45) is 17.8 Å². The summed E-state index contributed by atoms with van der Waals surface area (Å²) in [5.74, 6) is 0.238. The van der Waals surface area contributed by atoms with Crippen LogP contribution in [-0.2, 0) is 65.4 Å². The van der Waals surface area contributed by atoms with Gasteiger partial charge >= 0.3 is 39.5 Å². The highest BCUT2D eigenvalue weighted by atomic mass is 31.2. The highest BCUT2D eigenvalue weighted by Gasteiger charge is 2.30. The second kappa shape index (κ2) is 70.4. The summed E-state index contributed by atoms with van der Waals surface area (Å²) in [6.07, 6.45) is 58.1. The Hall–Kier alpha value is -1.94. The van der Waals surface area contributed by atoms with E-state index >= 15 is 0 Å². The van der Waals surface area contributed by atoms with Crippen LogP contribution >= 0.6 is 15.6 Å². The minimum atomic E-state index is -4.96. The van der Waals surface area contributed by atoms with Crippen LogP contribution in [0.3, 0.4) is 0 Å². The van der Waals surface area contributed by atoms with Crippen LogP contribution in [-0.4, -0.2) is 96.7 Å². The van der Waals surface area contributed by atoms with Crippen molar-refractivity contribution in [1.29, 1.82) is 0 Å².